The molecule has 4 heteroatoms. The molecule has 0 spiro atoms. The molecule has 1 fully saturated rings. The van der Waals surface area contributed by atoms with Crippen LogP contribution in [0.1, 0.15) is 23.5 Å². The molecule has 16 heavy (non-hydrogen) atoms. The number of hydrogen-bond donors (Lipinski definition) is 1. The largest absolute Gasteiger partial charge is 0.373 e. The first-order valence-electron chi connectivity index (χ1n) is 5.00. The molecule has 1 saturated heterocycles. The summed E-state index contributed by atoms with van der Waals surface area (Å²) in [5.74, 6) is 0.554. The van der Waals surface area contributed by atoms with Gasteiger partial charge in [-0.15, -0.1) is 0 Å². The van der Waals surface area contributed by atoms with Gasteiger partial charge in [0.15, 0.2) is 0 Å². The molecule has 0 aromatic heterocycles. The summed E-state index contributed by atoms with van der Waals surface area (Å²) in [6, 6.07) is 8.41. The van der Waals surface area contributed by atoms with Crippen molar-refractivity contribution in [2.45, 2.75) is 19.3 Å². The molecule has 2 rings (SSSR count). The van der Waals surface area contributed by atoms with Crippen molar-refractivity contribution < 1.29 is 14.4 Å². The van der Waals surface area contributed by atoms with Crippen LogP contribution in [-0.4, -0.2) is 18.6 Å². The molecule has 0 aliphatic carbocycles. The fourth-order valence-corrected chi connectivity index (χ4v) is 1.68. The van der Waals surface area contributed by atoms with E-state index in [0.29, 0.717) is 12.3 Å². The Bertz CT molecular complexity index is 391. The summed E-state index contributed by atoms with van der Waals surface area (Å²) >= 11 is 0. The average Bonchev–Trinajstić information content (AvgIpc) is 2.67. The first-order valence-corrected chi connectivity index (χ1v) is 5.00. The summed E-state index contributed by atoms with van der Waals surface area (Å²) in [5.41, 5.74) is 2.53. The van der Waals surface area contributed by atoms with E-state index in [1.807, 2.05) is 0 Å². The van der Waals surface area contributed by atoms with Crippen molar-refractivity contribution in [1.29, 1.82) is 0 Å². The van der Waals surface area contributed by atoms with Crippen LogP contribution in [0.25, 0.3) is 0 Å². The summed E-state index contributed by atoms with van der Waals surface area (Å²) < 4.78 is 0. The minimum Gasteiger partial charge on any atom is -0.355 e. The van der Waals surface area contributed by atoms with E-state index in [2.05, 4.69) is 36.5 Å². The van der Waals surface area contributed by atoms with E-state index in [0.717, 1.165) is 6.54 Å². The Balaban J connectivity index is 0.000000386. The number of aryl methyl sites for hydroxylation is 1. The van der Waals surface area contributed by atoms with Crippen molar-refractivity contribution in [2.24, 2.45) is 0 Å². The highest BCUT2D eigenvalue weighted by Crippen LogP contribution is 2.22. The maximum Gasteiger partial charge on any atom is 0.373 e. The minimum absolute atomic E-state index is 0.172. The lowest BCUT2D eigenvalue weighted by Crippen LogP contribution is -2.13. The van der Waals surface area contributed by atoms with E-state index in [9.17, 15) is 4.79 Å². The third kappa shape index (κ3) is 3.33. The van der Waals surface area contributed by atoms with Crippen LogP contribution in [-0.2, 0) is 14.4 Å². The first kappa shape index (κ1) is 12.1. The van der Waals surface area contributed by atoms with E-state index in [1.165, 1.54) is 11.1 Å². The Morgan fingerprint density at radius 1 is 1.25 bits per heavy atom. The van der Waals surface area contributed by atoms with Gasteiger partial charge < -0.3 is 5.32 Å². The van der Waals surface area contributed by atoms with Crippen molar-refractivity contribution in [3.05, 3.63) is 35.4 Å². The predicted molar refractivity (Wildman–Crippen MR) is 56.6 cm³/mol. The van der Waals surface area contributed by atoms with Gasteiger partial charge in [0.25, 0.3) is 0 Å². The molecule has 84 valence electrons. The summed E-state index contributed by atoms with van der Waals surface area (Å²) in [4.78, 5) is 27.2. The highest BCUT2D eigenvalue weighted by molar-refractivity contribution is 5.79. The smallest absolute Gasteiger partial charge is 0.355 e. The van der Waals surface area contributed by atoms with E-state index in [-0.39, 0.29) is 12.1 Å². The van der Waals surface area contributed by atoms with Crippen LogP contribution in [0.15, 0.2) is 24.3 Å². The second kappa shape index (κ2) is 5.83. The van der Waals surface area contributed by atoms with Gasteiger partial charge in [0, 0.05) is 18.9 Å². The molecule has 1 atom stereocenters. The summed E-state index contributed by atoms with van der Waals surface area (Å²) in [6.45, 7) is 2.86. The Morgan fingerprint density at radius 2 is 1.81 bits per heavy atom. The van der Waals surface area contributed by atoms with Crippen molar-refractivity contribution in [2.75, 3.05) is 6.54 Å². The zero-order chi connectivity index (χ0) is 12.0. The molecule has 1 aliphatic heterocycles. The standard InChI is InChI=1S/C11H13NO.CO2/c1-8-2-4-9(5-3-8)10-6-11(13)12-7-10;2-1-3/h2-5,10H,6-7H2,1H3,(H,12,13);/t10-;/m0./s1. The molecule has 4 nitrogen and oxygen atoms in total. The lowest BCUT2D eigenvalue weighted by atomic mass is 9.97. The Morgan fingerprint density at radius 3 is 2.25 bits per heavy atom. The van der Waals surface area contributed by atoms with Crippen molar-refractivity contribution >= 4 is 12.1 Å². The van der Waals surface area contributed by atoms with Crippen molar-refractivity contribution in [1.82, 2.24) is 5.32 Å². The van der Waals surface area contributed by atoms with Gasteiger partial charge in [-0.3, -0.25) is 4.79 Å². The molecule has 1 aromatic carbocycles. The number of carbonyl (C=O) groups is 1. The molecule has 1 aromatic rings. The van der Waals surface area contributed by atoms with Crippen LogP contribution >= 0.6 is 0 Å². The topological polar surface area (TPSA) is 63.2 Å². The Labute approximate surface area is 93.7 Å². The van der Waals surface area contributed by atoms with Gasteiger partial charge in [-0.1, -0.05) is 29.8 Å². The number of nitrogens with one attached hydrogen (secondary N) is 1. The molecule has 0 bridgehead atoms. The molecule has 1 N–H and O–H groups in total. The van der Waals surface area contributed by atoms with Crippen LogP contribution < -0.4 is 5.32 Å². The number of benzene rings is 1. The van der Waals surface area contributed by atoms with Gasteiger partial charge in [0.2, 0.25) is 5.91 Å². The van der Waals surface area contributed by atoms with Gasteiger partial charge in [0.1, 0.15) is 0 Å². The van der Waals surface area contributed by atoms with Crippen LogP contribution in [0.4, 0.5) is 0 Å². The van der Waals surface area contributed by atoms with Crippen molar-refractivity contribution in [3.8, 4) is 0 Å². The maximum atomic E-state index is 11.0. The monoisotopic (exact) mass is 219 g/mol. The highest BCUT2D eigenvalue weighted by Gasteiger charge is 2.22. The fourth-order valence-electron chi connectivity index (χ4n) is 1.68. The number of hydrogen-bond acceptors (Lipinski definition) is 3. The summed E-state index contributed by atoms with van der Waals surface area (Å²) in [5, 5.41) is 2.84. The number of carbonyl (C=O) groups excluding carboxylic acids is 3. The summed E-state index contributed by atoms with van der Waals surface area (Å²) in [7, 11) is 0. The molecule has 1 heterocycles. The Hall–Kier alpha value is -1.93. The maximum absolute atomic E-state index is 11.0. The quantitative estimate of drug-likeness (QED) is 0.766. The van der Waals surface area contributed by atoms with Gasteiger partial charge in [-0.25, -0.2) is 0 Å². The third-order valence-corrected chi connectivity index (χ3v) is 2.53. The van der Waals surface area contributed by atoms with E-state index in [4.69, 9.17) is 9.59 Å². The van der Waals surface area contributed by atoms with Crippen LogP contribution in [0.5, 0.6) is 0 Å². The van der Waals surface area contributed by atoms with Gasteiger partial charge in [-0.2, -0.15) is 9.59 Å². The lowest BCUT2D eigenvalue weighted by molar-refractivity contribution is -0.191. The minimum atomic E-state index is 0.172. The molecule has 0 unspecified atom stereocenters. The molecule has 0 saturated carbocycles. The second-order valence-corrected chi connectivity index (χ2v) is 3.70. The highest BCUT2D eigenvalue weighted by atomic mass is 16.2. The van der Waals surface area contributed by atoms with Gasteiger partial charge in [-0.05, 0) is 12.5 Å². The van der Waals surface area contributed by atoms with Crippen LogP contribution in [0, 0.1) is 6.92 Å². The van der Waals surface area contributed by atoms with Gasteiger partial charge >= 0.3 is 6.15 Å². The number of rotatable bonds is 1. The van der Waals surface area contributed by atoms with E-state index < -0.39 is 0 Å². The average molecular weight is 219 g/mol. The first-order chi connectivity index (χ1) is 7.67. The SMILES string of the molecule is Cc1ccc([C@@H]2CNC(=O)C2)cc1.O=C=O. The third-order valence-electron chi connectivity index (χ3n) is 2.53. The lowest BCUT2D eigenvalue weighted by Gasteiger charge is -2.06. The van der Waals surface area contributed by atoms with E-state index >= 15 is 0 Å². The normalized spacial score (nSPS) is 18.1. The van der Waals surface area contributed by atoms with Crippen LogP contribution in [0.2, 0.25) is 0 Å². The Kier molecular flexibility index (Phi) is 4.42. The molecular formula is C12H13NO3. The fraction of sp³-hybridized carbons (Fsp3) is 0.333. The zero-order valence-electron chi connectivity index (χ0n) is 9.03. The van der Waals surface area contributed by atoms with Crippen LogP contribution in [0.3, 0.4) is 0 Å². The molecule has 1 aliphatic rings. The zero-order valence-corrected chi connectivity index (χ0v) is 9.03. The molecule has 0 radical (unpaired) electrons. The van der Waals surface area contributed by atoms with Gasteiger partial charge in [0.05, 0.1) is 0 Å². The predicted octanol–water partition coefficient (Wildman–Crippen LogP) is 1.02. The second-order valence-electron chi connectivity index (χ2n) is 3.70. The number of amides is 1. The van der Waals surface area contributed by atoms with Crippen molar-refractivity contribution in [3.63, 3.8) is 0 Å². The molecule has 1 amide bonds. The summed E-state index contributed by atoms with van der Waals surface area (Å²) in [6.07, 6.45) is 0.892. The van der Waals surface area contributed by atoms with E-state index in [1.54, 1.807) is 0 Å². The molecular weight excluding hydrogens is 206 g/mol.